The van der Waals surface area contributed by atoms with Gasteiger partial charge in [-0.25, -0.2) is 9.97 Å². The lowest BCUT2D eigenvalue weighted by molar-refractivity contribution is 1.18. The van der Waals surface area contributed by atoms with Crippen LogP contribution in [0, 0.1) is 0 Å². The fraction of sp³-hybridized carbons (Fsp3) is 0.286. The van der Waals surface area contributed by atoms with Crippen molar-refractivity contribution in [2.45, 2.75) is 23.6 Å². The summed E-state index contributed by atoms with van der Waals surface area (Å²) in [6.07, 6.45) is 3.26. The molecule has 0 aliphatic rings. The van der Waals surface area contributed by atoms with Gasteiger partial charge in [-0.2, -0.15) is 0 Å². The summed E-state index contributed by atoms with van der Waals surface area (Å²) in [5.41, 5.74) is 0. The molecule has 120 valence electrons. The first kappa shape index (κ1) is 20.6. The summed E-state index contributed by atoms with van der Waals surface area (Å²) in [5.74, 6) is 2.06. The predicted octanol–water partition coefficient (Wildman–Crippen LogP) is 7.22. The molecule has 2 aromatic heterocycles. The number of hydrogen-bond donors (Lipinski definition) is 0. The first-order valence-corrected chi connectivity index (χ1v) is 10.7. The minimum Gasteiger partial charge on any atom is -0.247 e. The topological polar surface area (TPSA) is 25.8 Å². The van der Waals surface area contributed by atoms with Crippen LogP contribution in [0.1, 0.15) is 13.8 Å². The van der Waals surface area contributed by atoms with Gasteiger partial charge in [0.05, 0.1) is 10.0 Å². The lowest BCUT2D eigenvalue weighted by Crippen LogP contribution is -1.80. The van der Waals surface area contributed by atoms with Crippen LogP contribution in [0.3, 0.4) is 0 Å². The van der Waals surface area contributed by atoms with E-state index in [1.807, 2.05) is 12.1 Å². The summed E-state index contributed by atoms with van der Waals surface area (Å²) in [5, 5.41) is 1.37. The third kappa shape index (κ3) is 7.41. The van der Waals surface area contributed by atoms with Crippen molar-refractivity contribution < 1.29 is 0 Å². The molecule has 2 heterocycles. The molecular formula is C14H14Br2Cl2N2S2. The molecule has 0 saturated heterocycles. The third-order valence-electron chi connectivity index (χ3n) is 2.15. The molecule has 0 aliphatic heterocycles. The second-order valence-electron chi connectivity index (χ2n) is 3.75. The van der Waals surface area contributed by atoms with E-state index >= 15 is 0 Å². The molecule has 0 fully saturated rings. The molecule has 2 rings (SSSR count). The maximum atomic E-state index is 5.76. The van der Waals surface area contributed by atoms with Crippen molar-refractivity contribution in [3.63, 3.8) is 0 Å². The van der Waals surface area contributed by atoms with Gasteiger partial charge in [-0.15, -0.1) is 23.5 Å². The number of nitrogens with zero attached hydrogens (tertiary/aromatic N) is 2. The molecule has 0 atom stereocenters. The quantitative estimate of drug-likeness (QED) is 0.324. The smallest absolute Gasteiger partial charge is 0.119 e. The van der Waals surface area contributed by atoms with Gasteiger partial charge in [0.2, 0.25) is 0 Å². The Morgan fingerprint density at radius 1 is 0.864 bits per heavy atom. The van der Waals surface area contributed by atoms with Gasteiger partial charge in [-0.05, 0) is 55.5 Å². The summed E-state index contributed by atoms with van der Waals surface area (Å²) in [6, 6.07) is 3.82. The van der Waals surface area contributed by atoms with Gasteiger partial charge in [-0.1, -0.05) is 37.0 Å². The normalized spacial score (nSPS) is 10.1. The lowest BCUT2D eigenvalue weighted by atomic mass is 10.5. The number of aromatic nitrogens is 2. The van der Waals surface area contributed by atoms with E-state index in [1.54, 1.807) is 35.9 Å². The molecule has 0 spiro atoms. The van der Waals surface area contributed by atoms with Crippen molar-refractivity contribution in [2.24, 2.45) is 0 Å². The lowest BCUT2D eigenvalue weighted by Gasteiger charge is -2.00. The molecular weight excluding hydrogens is 491 g/mol. The molecule has 8 heteroatoms. The number of rotatable bonds is 4. The van der Waals surface area contributed by atoms with Crippen molar-refractivity contribution in [3.8, 4) is 0 Å². The second-order valence-corrected chi connectivity index (χ2v) is 8.74. The zero-order chi connectivity index (χ0) is 16.5. The maximum Gasteiger partial charge on any atom is 0.119 e. The van der Waals surface area contributed by atoms with Crippen LogP contribution in [0.5, 0.6) is 0 Å². The Bertz CT molecular complexity index is 562. The van der Waals surface area contributed by atoms with E-state index in [0.717, 1.165) is 30.5 Å². The summed E-state index contributed by atoms with van der Waals surface area (Å²) < 4.78 is 1.74. The number of halogens is 4. The first-order valence-electron chi connectivity index (χ1n) is 6.35. The van der Waals surface area contributed by atoms with Crippen molar-refractivity contribution in [1.82, 2.24) is 9.97 Å². The maximum absolute atomic E-state index is 5.76. The van der Waals surface area contributed by atoms with Crippen molar-refractivity contribution in [3.05, 3.63) is 43.8 Å². The molecule has 22 heavy (non-hydrogen) atoms. The summed E-state index contributed by atoms with van der Waals surface area (Å²) >= 11 is 21.6. The van der Waals surface area contributed by atoms with Gasteiger partial charge < -0.3 is 0 Å². The Morgan fingerprint density at radius 2 is 1.23 bits per heavy atom. The Hall–Kier alpha value is 0.540. The summed E-state index contributed by atoms with van der Waals surface area (Å²) in [4.78, 5) is 10.3. The molecule has 0 radical (unpaired) electrons. The van der Waals surface area contributed by atoms with E-state index < -0.39 is 0 Å². The van der Waals surface area contributed by atoms with E-state index in [1.165, 1.54) is 0 Å². The van der Waals surface area contributed by atoms with Gasteiger partial charge in [0.1, 0.15) is 9.21 Å². The number of hydrogen-bond acceptors (Lipinski definition) is 4. The largest absolute Gasteiger partial charge is 0.247 e. The monoisotopic (exact) mass is 502 g/mol. The van der Waals surface area contributed by atoms with Crippen molar-refractivity contribution >= 4 is 78.6 Å². The first-order chi connectivity index (χ1) is 10.5. The van der Waals surface area contributed by atoms with E-state index in [4.69, 9.17) is 23.2 Å². The molecule has 0 unspecified atom stereocenters. The Labute approximate surface area is 166 Å². The van der Waals surface area contributed by atoms with Crippen LogP contribution in [0.15, 0.2) is 43.5 Å². The SMILES string of the molecule is CCSc1cc(Cl)cnc1Br.CCSc1cc(Cl)cnc1Br. The highest BCUT2D eigenvalue weighted by Gasteiger charge is 2.01. The molecule has 0 N–H and O–H groups in total. The molecule has 0 bridgehead atoms. The van der Waals surface area contributed by atoms with E-state index in [2.05, 4.69) is 55.7 Å². The van der Waals surface area contributed by atoms with Crippen LogP contribution < -0.4 is 0 Å². The molecule has 0 saturated carbocycles. The fourth-order valence-corrected chi connectivity index (χ4v) is 4.27. The van der Waals surface area contributed by atoms with Crippen LogP contribution in [-0.4, -0.2) is 21.5 Å². The van der Waals surface area contributed by atoms with Gasteiger partial charge in [0.15, 0.2) is 0 Å². The van der Waals surface area contributed by atoms with Crippen LogP contribution in [-0.2, 0) is 0 Å². The van der Waals surface area contributed by atoms with Gasteiger partial charge >= 0.3 is 0 Å². The molecule has 2 nitrogen and oxygen atoms in total. The number of thioether (sulfide) groups is 2. The molecule has 0 aliphatic carbocycles. The zero-order valence-electron chi connectivity index (χ0n) is 11.9. The average molecular weight is 505 g/mol. The van der Waals surface area contributed by atoms with Gasteiger partial charge in [0, 0.05) is 22.2 Å². The van der Waals surface area contributed by atoms with E-state index in [-0.39, 0.29) is 0 Å². The van der Waals surface area contributed by atoms with Crippen LogP contribution in [0.25, 0.3) is 0 Å². The minimum atomic E-state index is 0.684. The highest BCUT2D eigenvalue weighted by molar-refractivity contribution is 9.10. The highest BCUT2D eigenvalue weighted by Crippen LogP contribution is 2.28. The second kappa shape index (κ2) is 11.2. The molecule has 0 aromatic carbocycles. The predicted molar refractivity (Wildman–Crippen MR) is 107 cm³/mol. The van der Waals surface area contributed by atoms with Crippen molar-refractivity contribution in [2.75, 3.05) is 11.5 Å². The van der Waals surface area contributed by atoms with Crippen molar-refractivity contribution in [1.29, 1.82) is 0 Å². The van der Waals surface area contributed by atoms with Crippen LogP contribution >= 0.6 is 78.6 Å². The summed E-state index contributed by atoms with van der Waals surface area (Å²) in [7, 11) is 0. The van der Waals surface area contributed by atoms with Crippen LogP contribution in [0.2, 0.25) is 10.0 Å². The van der Waals surface area contributed by atoms with E-state index in [9.17, 15) is 0 Å². The van der Waals surface area contributed by atoms with Crippen LogP contribution in [0.4, 0.5) is 0 Å². The molecule has 2 aromatic rings. The minimum absolute atomic E-state index is 0.684. The average Bonchev–Trinajstić information content (AvgIpc) is 2.48. The fourth-order valence-electron chi connectivity index (χ4n) is 1.32. The van der Waals surface area contributed by atoms with Gasteiger partial charge in [0.25, 0.3) is 0 Å². The van der Waals surface area contributed by atoms with Gasteiger partial charge in [-0.3, -0.25) is 0 Å². The molecule has 0 amide bonds. The summed E-state index contributed by atoms with van der Waals surface area (Å²) in [6.45, 7) is 4.19. The standard InChI is InChI=1S/2C7H7BrClNS/c2*1-2-11-6-3-5(9)4-10-7(6)8/h2*3-4H,2H2,1H3. The Kier molecular flexibility index (Phi) is 10.4. The number of pyridine rings is 2. The third-order valence-corrected chi connectivity index (χ3v) is 6.17. The Balaban J connectivity index is 0.000000220. The van der Waals surface area contributed by atoms with E-state index in [0.29, 0.717) is 10.0 Å². The zero-order valence-corrected chi connectivity index (χ0v) is 18.3. The Morgan fingerprint density at radius 3 is 1.55 bits per heavy atom. The highest BCUT2D eigenvalue weighted by atomic mass is 79.9.